The van der Waals surface area contributed by atoms with E-state index in [1.807, 2.05) is 30.3 Å². The summed E-state index contributed by atoms with van der Waals surface area (Å²) in [5.41, 5.74) is 4.38. The van der Waals surface area contributed by atoms with Crippen molar-refractivity contribution in [1.29, 1.82) is 0 Å². The van der Waals surface area contributed by atoms with Crippen LogP contribution in [-0.2, 0) is 4.79 Å². The molecule has 0 unspecified atom stereocenters. The fourth-order valence-electron chi connectivity index (χ4n) is 4.07. The number of anilines is 2. The monoisotopic (exact) mass is 443 g/mol. The number of piperidine rings is 1. The minimum Gasteiger partial charge on any atom is -0.393 e. The first-order valence-corrected chi connectivity index (χ1v) is 11.2. The van der Waals surface area contributed by atoms with Gasteiger partial charge in [-0.25, -0.2) is 9.97 Å². The molecule has 1 saturated heterocycles. The van der Waals surface area contributed by atoms with Gasteiger partial charge >= 0.3 is 0 Å². The number of nitrogens with one attached hydrogen (secondary N) is 1. The number of carbonyl (C=O) groups excluding carboxylic acids is 1. The molecular weight excluding hydrogens is 418 g/mol. The van der Waals surface area contributed by atoms with Crippen LogP contribution >= 0.6 is 0 Å². The standard InChI is InChI=1S/C25H25N5O3/c1-2-23(32)28-25-26-11-8-21(27-25)16-6-7-22-20(15-16)24(33-29-22)17-4-3-5-18(14-17)30-12-9-19(31)10-13-30/h3-8,11,14-15,19,31H,2,9-10,12-13H2,1H3,(H,26,27,28,32). The molecule has 2 aromatic heterocycles. The van der Waals surface area contributed by atoms with E-state index < -0.39 is 0 Å². The van der Waals surface area contributed by atoms with Crippen LogP contribution in [0.1, 0.15) is 26.2 Å². The van der Waals surface area contributed by atoms with Gasteiger partial charge in [0.15, 0.2) is 5.76 Å². The van der Waals surface area contributed by atoms with Gasteiger partial charge in [-0.2, -0.15) is 0 Å². The number of amides is 1. The number of rotatable bonds is 5. The summed E-state index contributed by atoms with van der Waals surface area (Å²) in [6, 6.07) is 15.8. The molecule has 33 heavy (non-hydrogen) atoms. The average molecular weight is 444 g/mol. The Bertz CT molecular complexity index is 1290. The number of aliphatic hydroxyl groups excluding tert-OH is 1. The van der Waals surface area contributed by atoms with Gasteiger partial charge in [-0.15, -0.1) is 0 Å². The molecule has 1 fully saturated rings. The highest BCUT2D eigenvalue weighted by Crippen LogP contribution is 2.34. The lowest BCUT2D eigenvalue weighted by Crippen LogP contribution is -2.35. The molecule has 0 aliphatic carbocycles. The van der Waals surface area contributed by atoms with Crippen molar-refractivity contribution in [2.24, 2.45) is 0 Å². The number of carbonyl (C=O) groups is 1. The van der Waals surface area contributed by atoms with Gasteiger partial charge in [0.05, 0.1) is 17.2 Å². The normalized spacial score (nSPS) is 14.5. The molecule has 0 radical (unpaired) electrons. The first-order valence-electron chi connectivity index (χ1n) is 11.2. The Labute approximate surface area is 191 Å². The Morgan fingerprint density at radius 1 is 1.15 bits per heavy atom. The topological polar surface area (TPSA) is 104 Å². The second kappa shape index (κ2) is 8.99. The number of fused-ring (bicyclic) bond motifs is 1. The van der Waals surface area contributed by atoms with Gasteiger partial charge in [0.2, 0.25) is 11.9 Å². The molecule has 4 aromatic rings. The molecule has 2 aromatic carbocycles. The van der Waals surface area contributed by atoms with Crippen LogP contribution in [0, 0.1) is 0 Å². The molecule has 0 spiro atoms. The number of aromatic nitrogens is 3. The largest absolute Gasteiger partial charge is 0.393 e. The third-order valence-corrected chi connectivity index (χ3v) is 5.94. The van der Waals surface area contributed by atoms with Crippen LogP contribution < -0.4 is 10.2 Å². The van der Waals surface area contributed by atoms with E-state index >= 15 is 0 Å². The zero-order valence-corrected chi connectivity index (χ0v) is 18.4. The van der Waals surface area contributed by atoms with Crippen molar-refractivity contribution in [2.75, 3.05) is 23.3 Å². The Balaban J connectivity index is 1.48. The first-order chi connectivity index (χ1) is 16.1. The molecule has 0 bridgehead atoms. The lowest BCUT2D eigenvalue weighted by atomic mass is 10.0. The van der Waals surface area contributed by atoms with Gasteiger partial charge in [-0.05, 0) is 43.2 Å². The molecule has 8 nitrogen and oxygen atoms in total. The molecule has 2 N–H and O–H groups in total. The van der Waals surface area contributed by atoms with E-state index in [9.17, 15) is 9.90 Å². The summed E-state index contributed by atoms with van der Waals surface area (Å²) in [5, 5.41) is 17.6. The van der Waals surface area contributed by atoms with Gasteiger partial charge in [-0.3, -0.25) is 10.1 Å². The van der Waals surface area contributed by atoms with Crippen molar-refractivity contribution < 1.29 is 14.4 Å². The summed E-state index contributed by atoms with van der Waals surface area (Å²) in [6.45, 7) is 3.44. The highest BCUT2D eigenvalue weighted by molar-refractivity contribution is 5.95. The van der Waals surface area contributed by atoms with Crippen molar-refractivity contribution in [1.82, 2.24) is 15.1 Å². The van der Waals surface area contributed by atoms with Crippen LogP contribution in [-0.4, -0.2) is 45.3 Å². The van der Waals surface area contributed by atoms with Gasteiger partial charge in [0.25, 0.3) is 0 Å². The molecule has 0 atom stereocenters. The zero-order valence-electron chi connectivity index (χ0n) is 18.4. The fourth-order valence-corrected chi connectivity index (χ4v) is 4.07. The van der Waals surface area contributed by atoms with Crippen LogP contribution in [0.3, 0.4) is 0 Å². The maximum atomic E-state index is 11.7. The number of hydrogen-bond acceptors (Lipinski definition) is 7. The Morgan fingerprint density at radius 2 is 2.00 bits per heavy atom. The van der Waals surface area contributed by atoms with E-state index in [1.54, 1.807) is 19.2 Å². The van der Waals surface area contributed by atoms with Crippen molar-refractivity contribution in [2.45, 2.75) is 32.3 Å². The molecule has 1 aliphatic rings. The number of benzene rings is 2. The van der Waals surface area contributed by atoms with E-state index in [4.69, 9.17) is 4.52 Å². The van der Waals surface area contributed by atoms with E-state index in [-0.39, 0.29) is 18.0 Å². The Hall–Kier alpha value is -3.78. The third-order valence-electron chi connectivity index (χ3n) is 5.94. The third kappa shape index (κ3) is 4.42. The zero-order chi connectivity index (χ0) is 22.8. The van der Waals surface area contributed by atoms with Crippen molar-refractivity contribution in [3.63, 3.8) is 0 Å². The van der Waals surface area contributed by atoms with E-state index in [1.165, 1.54) is 0 Å². The summed E-state index contributed by atoms with van der Waals surface area (Å²) >= 11 is 0. The Kier molecular flexibility index (Phi) is 5.75. The van der Waals surface area contributed by atoms with Gasteiger partial charge in [0, 0.05) is 42.5 Å². The Morgan fingerprint density at radius 3 is 2.82 bits per heavy atom. The van der Waals surface area contributed by atoms with E-state index in [0.29, 0.717) is 17.9 Å². The highest BCUT2D eigenvalue weighted by atomic mass is 16.5. The average Bonchev–Trinajstić information content (AvgIpc) is 3.28. The van der Waals surface area contributed by atoms with Crippen LogP contribution in [0.5, 0.6) is 0 Å². The highest BCUT2D eigenvalue weighted by Gasteiger charge is 2.19. The molecular formula is C25H25N5O3. The molecule has 5 rings (SSSR count). The summed E-state index contributed by atoms with van der Waals surface area (Å²) in [5.74, 6) is 0.843. The van der Waals surface area contributed by atoms with Crippen LogP contribution in [0.2, 0.25) is 0 Å². The molecule has 0 saturated carbocycles. The number of hydrogen-bond donors (Lipinski definition) is 2. The van der Waals surface area contributed by atoms with Gasteiger partial charge in [0.1, 0.15) is 5.52 Å². The summed E-state index contributed by atoms with van der Waals surface area (Å²) in [4.78, 5) is 22.6. The molecule has 3 heterocycles. The van der Waals surface area contributed by atoms with E-state index in [0.717, 1.165) is 53.6 Å². The van der Waals surface area contributed by atoms with E-state index in [2.05, 4.69) is 37.5 Å². The predicted molar refractivity (Wildman–Crippen MR) is 127 cm³/mol. The quantitative estimate of drug-likeness (QED) is 0.475. The first kappa shape index (κ1) is 21.1. The summed E-state index contributed by atoms with van der Waals surface area (Å²) < 4.78 is 5.74. The summed E-state index contributed by atoms with van der Waals surface area (Å²) in [7, 11) is 0. The maximum Gasteiger partial charge on any atom is 0.229 e. The summed E-state index contributed by atoms with van der Waals surface area (Å²) in [6.07, 6.45) is 3.34. The molecule has 8 heteroatoms. The lowest BCUT2D eigenvalue weighted by molar-refractivity contribution is -0.115. The molecule has 1 aliphatic heterocycles. The van der Waals surface area contributed by atoms with Crippen LogP contribution in [0.4, 0.5) is 11.6 Å². The lowest BCUT2D eigenvalue weighted by Gasteiger charge is -2.31. The minimum absolute atomic E-state index is 0.132. The van der Waals surface area contributed by atoms with Crippen LogP contribution in [0.25, 0.3) is 33.5 Å². The smallest absolute Gasteiger partial charge is 0.229 e. The van der Waals surface area contributed by atoms with Crippen molar-refractivity contribution in [3.05, 3.63) is 54.7 Å². The SMILES string of the molecule is CCC(=O)Nc1nccc(-c2ccc3noc(-c4cccc(N5CCC(O)CC5)c4)c3c2)n1. The van der Waals surface area contributed by atoms with Gasteiger partial charge in [-0.1, -0.05) is 30.3 Å². The van der Waals surface area contributed by atoms with Crippen LogP contribution in [0.15, 0.2) is 59.3 Å². The predicted octanol–water partition coefficient (Wildman–Crippen LogP) is 4.26. The molecule has 1 amide bonds. The second-order valence-electron chi connectivity index (χ2n) is 8.18. The maximum absolute atomic E-state index is 11.7. The van der Waals surface area contributed by atoms with Gasteiger partial charge < -0.3 is 14.5 Å². The second-order valence-corrected chi connectivity index (χ2v) is 8.18. The minimum atomic E-state index is -0.210. The number of nitrogens with zero attached hydrogens (tertiary/aromatic N) is 4. The fraction of sp³-hybridized carbons (Fsp3) is 0.280. The number of aliphatic hydroxyl groups is 1. The molecule has 168 valence electrons. The van der Waals surface area contributed by atoms with Crippen molar-refractivity contribution >= 4 is 28.4 Å². The van der Waals surface area contributed by atoms with Crippen molar-refractivity contribution in [3.8, 4) is 22.6 Å².